The number of rotatable bonds is 6. The van der Waals surface area contributed by atoms with E-state index in [2.05, 4.69) is 20.6 Å². The van der Waals surface area contributed by atoms with Gasteiger partial charge in [-0.1, -0.05) is 41.9 Å². The summed E-state index contributed by atoms with van der Waals surface area (Å²) in [6.07, 6.45) is 1.25. The highest BCUT2D eigenvalue weighted by molar-refractivity contribution is 6.46. The van der Waals surface area contributed by atoms with E-state index in [0.29, 0.717) is 27.2 Å². The molecule has 1 atom stereocenters. The summed E-state index contributed by atoms with van der Waals surface area (Å²) in [5.41, 5.74) is 6.71. The Labute approximate surface area is 200 Å². The summed E-state index contributed by atoms with van der Waals surface area (Å²) in [5, 5.41) is 15.3. The van der Waals surface area contributed by atoms with Gasteiger partial charge in [0.15, 0.2) is 0 Å². The molecule has 0 radical (unpaired) electrons. The average molecular weight is 476 g/mol. The minimum atomic E-state index is -0.626. The molecule has 10 heteroatoms. The molecule has 0 aliphatic rings. The normalized spacial score (nSPS) is 11.7. The Bertz CT molecular complexity index is 1470. The molecule has 2 heterocycles. The Morgan fingerprint density at radius 3 is 2.59 bits per heavy atom. The number of amides is 1. The lowest BCUT2D eigenvalue weighted by atomic mass is 10.1. The first kappa shape index (κ1) is 22.9. The zero-order valence-electron chi connectivity index (χ0n) is 18.5. The van der Waals surface area contributed by atoms with Crippen LogP contribution in [0.25, 0.3) is 16.5 Å². The van der Waals surface area contributed by atoms with Gasteiger partial charge in [0.25, 0.3) is 11.5 Å². The summed E-state index contributed by atoms with van der Waals surface area (Å²) in [6, 6.07) is 15.9. The molecule has 0 spiro atoms. The van der Waals surface area contributed by atoms with Crippen molar-refractivity contribution in [3.8, 4) is 5.69 Å². The molecule has 1 amide bonds. The van der Waals surface area contributed by atoms with Crippen LogP contribution in [0.2, 0.25) is 5.02 Å². The predicted octanol–water partition coefficient (Wildman–Crippen LogP) is 3.30. The van der Waals surface area contributed by atoms with Crippen molar-refractivity contribution < 1.29 is 4.79 Å². The third kappa shape index (κ3) is 4.08. The molecule has 9 nitrogen and oxygen atoms in total. The summed E-state index contributed by atoms with van der Waals surface area (Å²) in [4.78, 5) is 33.8. The van der Waals surface area contributed by atoms with Gasteiger partial charge in [-0.15, -0.1) is 0 Å². The van der Waals surface area contributed by atoms with Crippen LogP contribution >= 0.6 is 11.6 Å². The number of carbonyl (C=O) groups excluding carboxylic acids is 1. The number of carbonyl (C=O) groups is 1. The molecule has 0 fully saturated rings. The van der Waals surface area contributed by atoms with Crippen LogP contribution in [0, 0.1) is 5.41 Å². The molecule has 0 bridgehead atoms. The summed E-state index contributed by atoms with van der Waals surface area (Å²) >= 11 is 6.38. The minimum absolute atomic E-state index is 0.0101. The Morgan fingerprint density at radius 1 is 1.15 bits per heavy atom. The molecule has 1 unspecified atom stereocenters. The highest BCUT2D eigenvalue weighted by Gasteiger charge is 2.23. The van der Waals surface area contributed by atoms with Crippen molar-refractivity contribution in [2.45, 2.75) is 13.0 Å². The lowest BCUT2D eigenvalue weighted by Gasteiger charge is -2.23. The van der Waals surface area contributed by atoms with Crippen LogP contribution in [0.15, 0.2) is 65.7 Å². The maximum Gasteiger partial charge on any atom is 0.269 e. The molecule has 34 heavy (non-hydrogen) atoms. The van der Waals surface area contributed by atoms with E-state index < -0.39 is 11.9 Å². The highest BCUT2D eigenvalue weighted by atomic mass is 35.5. The van der Waals surface area contributed by atoms with Crippen molar-refractivity contribution in [2.24, 2.45) is 0 Å². The van der Waals surface area contributed by atoms with E-state index in [9.17, 15) is 9.59 Å². The first-order chi connectivity index (χ1) is 16.3. The molecule has 2 aromatic carbocycles. The molecule has 5 N–H and O–H groups in total. The highest BCUT2D eigenvalue weighted by Crippen LogP contribution is 2.28. The van der Waals surface area contributed by atoms with Crippen LogP contribution < -0.4 is 21.9 Å². The number of hydrogen-bond acceptors (Lipinski definition) is 7. The first-order valence-electron chi connectivity index (χ1n) is 10.4. The second-order valence-corrected chi connectivity index (χ2v) is 7.96. The zero-order valence-corrected chi connectivity index (χ0v) is 19.2. The monoisotopic (exact) mass is 475 g/mol. The van der Waals surface area contributed by atoms with E-state index >= 15 is 0 Å². The molecule has 4 aromatic rings. The van der Waals surface area contributed by atoms with Gasteiger partial charge in [-0.25, -0.2) is 9.97 Å². The Morgan fingerprint density at radius 2 is 1.88 bits per heavy atom. The number of likely N-dealkylation sites (N-methyl/N-ethyl adjacent to an activating group) is 1. The number of nitrogens with zero attached hydrogens (tertiary/aromatic N) is 3. The summed E-state index contributed by atoms with van der Waals surface area (Å²) < 4.78 is 1.58. The second kappa shape index (κ2) is 9.32. The van der Waals surface area contributed by atoms with Crippen molar-refractivity contribution in [3.05, 3.63) is 87.6 Å². The smallest absolute Gasteiger partial charge is 0.269 e. The van der Waals surface area contributed by atoms with Crippen molar-refractivity contribution in [1.29, 1.82) is 5.41 Å². The third-order valence-electron chi connectivity index (χ3n) is 5.42. The Kier molecular flexibility index (Phi) is 6.29. The lowest BCUT2D eigenvalue weighted by Crippen LogP contribution is -2.30. The van der Waals surface area contributed by atoms with Crippen LogP contribution in [-0.2, 0) is 4.79 Å². The van der Waals surface area contributed by atoms with Crippen molar-refractivity contribution in [3.63, 3.8) is 0 Å². The quantitative estimate of drug-likeness (QED) is 0.315. The Balaban J connectivity index is 1.89. The largest absolute Gasteiger partial charge is 0.383 e. The zero-order chi connectivity index (χ0) is 24.4. The summed E-state index contributed by atoms with van der Waals surface area (Å²) in [7, 11) is 1.42. The number of anilines is 2. The first-order valence-corrected chi connectivity index (χ1v) is 10.8. The van der Waals surface area contributed by atoms with Gasteiger partial charge in [0.2, 0.25) is 0 Å². The van der Waals surface area contributed by atoms with Crippen LogP contribution in [0.4, 0.5) is 11.6 Å². The maximum atomic E-state index is 13.6. The number of hydrogen-bond donors (Lipinski definition) is 4. The topological polar surface area (TPSA) is 139 Å². The number of halogens is 1. The molecule has 0 aliphatic heterocycles. The fraction of sp³-hybridized carbons (Fsp3) is 0.125. The fourth-order valence-electron chi connectivity index (χ4n) is 3.77. The number of aromatic nitrogens is 3. The van der Waals surface area contributed by atoms with Crippen molar-refractivity contribution in [1.82, 2.24) is 19.9 Å². The molecule has 2 aromatic heterocycles. The molecule has 0 saturated heterocycles. The molecular weight excluding hydrogens is 454 g/mol. The standard InChI is InChI=1S/C24H22ClN7O2/c1-13(31-22-19(20(26)23(33)28-2)21(27)29-12-30-22)17-11-14-7-6-10-16(25)18(14)24(34)32(17)15-8-4-3-5-9-15/h3-13,26H,1-2H3,(H,28,33)(H3,27,29,30,31). The second-order valence-electron chi connectivity index (χ2n) is 7.55. The number of nitrogens with one attached hydrogen (secondary N) is 3. The van der Waals surface area contributed by atoms with Crippen LogP contribution in [-0.4, -0.2) is 33.2 Å². The van der Waals surface area contributed by atoms with Crippen LogP contribution in [0.3, 0.4) is 0 Å². The summed E-state index contributed by atoms with van der Waals surface area (Å²) in [5.74, 6) is -0.436. The number of para-hydroxylation sites is 1. The molecule has 0 aliphatic carbocycles. The minimum Gasteiger partial charge on any atom is -0.383 e. The van der Waals surface area contributed by atoms with E-state index in [1.165, 1.54) is 13.4 Å². The van der Waals surface area contributed by atoms with Gasteiger partial charge >= 0.3 is 0 Å². The lowest BCUT2D eigenvalue weighted by molar-refractivity contribution is -0.114. The van der Waals surface area contributed by atoms with E-state index in [1.807, 2.05) is 49.4 Å². The molecule has 4 rings (SSSR count). The molecular formula is C24H22ClN7O2. The molecule has 0 saturated carbocycles. The molecule has 172 valence electrons. The van der Waals surface area contributed by atoms with Gasteiger partial charge in [0.05, 0.1) is 22.0 Å². The van der Waals surface area contributed by atoms with Crippen molar-refractivity contribution >= 4 is 45.6 Å². The number of nitrogen functional groups attached to an aromatic ring is 1. The van der Waals surface area contributed by atoms with Crippen LogP contribution in [0.5, 0.6) is 0 Å². The van der Waals surface area contributed by atoms with Gasteiger partial charge in [-0.3, -0.25) is 19.6 Å². The number of pyridine rings is 1. The van der Waals surface area contributed by atoms with Gasteiger partial charge in [-0.05, 0) is 36.6 Å². The van der Waals surface area contributed by atoms with Gasteiger partial charge < -0.3 is 16.4 Å². The number of nitrogens with two attached hydrogens (primary N) is 1. The van der Waals surface area contributed by atoms with E-state index in [0.717, 1.165) is 0 Å². The number of fused-ring (bicyclic) bond motifs is 1. The van der Waals surface area contributed by atoms with E-state index in [4.69, 9.17) is 22.7 Å². The van der Waals surface area contributed by atoms with Crippen LogP contribution in [0.1, 0.15) is 24.2 Å². The van der Waals surface area contributed by atoms with Gasteiger partial charge in [0.1, 0.15) is 23.7 Å². The van der Waals surface area contributed by atoms with E-state index in [1.54, 1.807) is 16.7 Å². The SMILES string of the molecule is CNC(=O)C(=N)c1c(N)ncnc1NC(C)c1cc2cccc(Cl)c2c(=O)n1-c1ccccc1. The van der Waals surface area contributed by atoms with E-state index in [-0.39, 0.29) is 28.5 Å². The fourth-order valence-corrected chi connectivity index (χ4v) is 4.04. The van der Waals surface area contributed by atoms with Gasteiger partial charge in [0, 0.05) is 18.4 Å². The summed E-state index contributed by atoms with van der Waals surface area (Å²) in [6.45, 7) is 1.84. The Hall–Kier alpha value is -4.24. The average Bonchev–Trinajstić information content (AvgIpc) is 2.83. The van der Waals surface area contributed by atoms with Crippen molar-refractivity contribution in [2.75, 3.05) is 18.1 Å². The number of benzene rings is 2. The van der Waals surface area contributed by atoms with Gasteiger partial charge in [-0.2, -0.15) is 0 Å². The third-order valence-corrected chi connectivity index (χ3v) is 5.73. The maximum absolute atomic E-state index is 13.6. The predicted molar refractivity (Wildman–Crippen MR) is 134 cm³/mol.